The van der Waals surface area contributed by atoms with Crippen LogP contribution in [0, 0.1) is 22.0 Å². The van der Waals surface area contributed by atoms with E-state index < -0.39 is 12.2 Å². The predicted octanol–water partition coefficient (Wildman–Crippen LogP) is 3.42. The van der Waals surface area contributed by atoms with Crippen molar-refractivity contribution in [3.8, 4) is 0 Å². The van der Waals surface area contributed by atoms with Crippen molar-refractivity contribution in [3.05, 3.63) is 10.1 Å². The number of thioether (sulfide) groups is 1. The molecule has 1 N–H and O–H groups in total. The molecule has 2 rings (SSSR count). The molecular weight excluding hydrogens is 355 g/mol. The predicted molar refractivity (Wildman–Crippen MR) is 95.0 cm³/mol. The van der Waals surface area contributed by atoms with Gasteiger partial charge in [-0.05, 0) is 32.1 Å². The number of hydrogen-bond acceptors (Lipinski definition) is 4. The van der Waals surface area contributed by atoms with Crippen LogP contribution in [0.5, 0.6) is 0 Å². The van der Waals surface area contributed by atoms with E-state index in [4.69, 9.17) is 11.6 Å². The van der Waals surface area contributed by atoms with Gasteiger partial charge >= 0.3 is 0 Å². The highest BCUT2D eigenvalue weighted by atomic mass is 35.5. The normalized spacial score (nSPS) is 33.8. The maximum Gasteiger partial charge on any atom is 0.223 e. The lowest BCUT2D eigenvalue weighted by molar-refractivity contribution is -0.527. The Morgan fingerprint density at radius 1 is 1.29 bits per heavy atom. The lowest BCUT2D eigenvalue weighted by Gasteiger charge is -2.30. The molecule has 2 fully saturated rings. The van der Waals surface area contributed by atoms with Crippen molar-refractivity contribution in [1.82, 2.24) is 5.32 Å². The molecular formula is C16H26ClFN2O3S. The first-order valence-electron chi connectivity index (χ1n) is 8.76. The summed E-state index contributed by atoms with van der Waals surface area (Å²) >= 11 is 7.82. The van der Waals surface area contributed by atoms with Gasteiger partial charge in [0.05, 0.1) is 0 Å². The minimum Gasteiger partial charge on any atom is -0.355 e. The van der Waals surface area contributed by atoms with Crippen LogP contribution in [0.25, 0.3) is 0 Å². The Bertz CT molecular complexity index is 434. The molecule has 0 aliphatic heterocycles. The summed E-state index contributed by atoms with van der Waals surface area (Å²) in [7, 11) is 0. The van der Waals surface area contributed by atoms with Crippen LogP contribution in [0.15, 0.2) is 0 Å². The topological polar surface area (TPSA) is 72.2 Å². The van der Waals surface area contributed by atoms with Crippen molar-refractivity contribution in [2.24, 2.45) is 11.8 Å². The Hall–Kier alpha value is -0.560. The molecule has 0 aromatic carbocycles. The molecule has 0 heterocycles. The molecule has 138 valence electrons. The van der Waals surface area contributed by atoms with Crippen LogP contribution in [-0.4, -0.2) is 46.5 Å². The third-order valence-electron chi connectivity index (χ3n) is 5.06. The molecule has 2 saturated carbocycles. The Morgan fingerprint density at radius 2 is 2.04 bits per heavy atom. The minimum absolute atomic E-state index is 0.0848. The molecule has 0 radical (unpaired) electrons. The molecule has 1 amide bonds. The average molecular weight is 381 g/mol. The van der Waals surface area contributed by atoms with Crippen molar-refractivity contribution in [1.29, 1.82) is 0 Å². The first-order valence-corrected chi connectivity index (χ1v) is 10.3. The van der Waals surface area contributed by atoms with Crippen LogP contribution in [0.3, 0.4) is 0 Å². The first kappa shape index (κ1) is 19.8. The highest BCUT2D eigenvalue weighted by molar-refractivity contribution is 7.99. The van der Waals surface area contributed by atoms with E-state index in [0.717, 1.165) is 25.7 Å². The summed E-state index contributed by atoms with van der Waals surface area (Å²) in [5.74, 6) is 0.959. The molecule has 5 atom stereocenters. The van der Waals surface area contributed by atoms with Gasteiger partial charge in [-0.2, -0.15) is 11.8 Å². The van der Waals surface area contributed by atoms with Gasteiger partial charge in [0, 0.05) is 53.0 Å². The van der Waals surface area contributed by atoms with Gasteiger partial charge in [0.15, 0.2) is 0 Å². The largest absolute Gasteiger partial charge is 0.355 e. The van der Waals surface area contributed by atoms with Crippen LogP contribution in [0.2, 0.25) is 0 Å². The fraction of sp³-hybridized carbons (Fsp3) is 0.938. The maximum absolute atomic E-state index is 13.9. The summed E-state index contributed by atoms with van der Waals surface area (Å²) < 4.78 is 13.9. The second kappa shape index (κ2) is 9.80. The van der Waals surface area contributed by atoms with Crippen LogP contribution in [-0.2, 0) is 4.79 Å². The number of halogens is 2. The molecule has 0 aromatic heterocycles. The third-order valence-corrected chi connectivity index (χ3v) is 6.72. The number of carbonyl (C=O) groups excluding carboxylic acids is 1. The smallest absolute Gasteiger partial charge is 0.223 e. The second-order valence-corrected chi connectivity index (χ2v) is 8.51. The number of alkyl halides is 2. The number of nitrogens with zero attached hydrogens (tertiary/aromatic N) is 1. The molecule has 0 bridgehead atoms. The summed E-state index contributed by atoms with van der Waals surface area (Å²) in [6.07, 6.45) is 3.89. The second-order valence-electron chi connectivity index (χ2n) is 6.80. The Balaban J connectivity index is 1.61. The van der Waals surface area contributed by atoms with Crippen molar-refractivity contribution in [2.75, 3.05) is 18.1 Å². The van der Waals surface area contributed by atoms with E-state index in [-0.39, 0.29) is 28.0 Å². The highest BCUT2D eigenvalue weighted by Gasteiger charge is 2.33. The molecule has 0 spiro atoms. The summed E-state index contributed by atoms with van der Waals surface area (Å²) in [5.41, 5.74) is 0. The molecule has 5 nitrogen and oxygen atoms in total. The van der Waals surface area contributed by atoms with Crippen molar-refractivity contribution < 1.29 is 14.1 Å². The average Bonchev–Trinajstić information content (AvgIpc) is 2.56. The van der Waals surface area contributed by atoms with E-state index in [1.807, 2.05) is 0 Å². The third kappa shape index (κ3) is 5.76. The zero-order valence-electron chi connectivity index (χ0n) is 13.8. The minimum atomic E-state index is -0.815. The summed E-state index contributed by atoms with van der Waals surface area (Å²) in [6, 6.07) is -0.586. The number of hydrogen-bond donors (Lipinski definition) is 1. The monoisotopic (exact) mass is 380 g/mol. The van der Waals surface area contributed by atoms with Crippen molar-refractivity contribution in [2.45, 2.75) is 62.5 Å². The Labute approximate surface area is 151 Å². The van der Waals surface area contributed by atoms with E-state index in [9.17, 15) is 19.3 Å². The van der Waals surface area contributed by atoms with Gasteiger partial charge in [-0.25, -0.2) is 4.39 Å². The van der Waals surface area contributed by atoms with Gasteiger partial charge in [0.1, 0.15) is 6.17 Å². The Morgan fingerprint density at radius 3 is 2.75 bits per heavy atom. The fourth-order valence-electron chi connectivity index (χ4n) is 3.58. The van der Waals surface area contributed by atoms with Crippen LogP contribution < -0.4 is 5.32 Å². The van der Waals surface area contributed by atoms with Gasteiger partial charge in [0.2, 0.25) is 11.9 Å². The van der Waals surface area contributed by atoms with Crippen molar-refractivity contribution in [3.63, 3.8) is 0 Å². The highest BCUT2D eigenvalue weighted by Crippen LogP contribution is 2.33. The van der Waals surface area contributed by atoms with Crippen LogP contribution >= 0.6 is 23.4 Å². The van der Waals surface area contributed by atoms with Gasteiger partial charge in [-0.1, -0.05) is 0 Å². The van der Waals surface area contributed by atoms with Gasteiger partial charge in [0.25, 0.3) is 0 Å². The van der Waals surface area contributed by atoms with E-state index in [0.29, 0.717) is 37.3 Å². The lowest BCUT2D eigenvalue weighted by atomic mass is 9.85. The summed E-state index contributed by atoms with van der Waals surface area (Å²) in [5, 5.41) is 13.6. The zero-order chi connectivity index (χ0) is 17.5. The lowest BCUT2D eigenvalue weighted by Crippen LogP contribution is -2.38. The van der Waals surface area contributed by atoms with Gasteiger partial charge in [-0.15, -0.1) is 11.6 Å². The number of amides is 1. The van der Waals surface area contributed by atoms with Crippen LogP contribution in [0.1, 0.15) is 44.9 Å². The van der Waals surface area contributed by atoms with E-state index in [1.54, 1.807) is 11.8 Å². The van der Waals surface area contributed by atoms with Crippen molar-refractivity contribution >= 4 is 29.3 Å². The van der Waals surface area contributed by atoms with E-state index in [1.165, 1.54) is 0 Å². The van der Waals surface area contributed by atoms with Crippen LogP contribution in [0.4, 0.5) is 4.39 Å². The fourth-order valence-corrected chi connectivity index (χ4v) is 5.21. The zero-order valence-corrected chi connectivity index (χ0v) is 15.4. The summed E-state index contributed by atoms with van der Waals surface area (Å²) in [6.45, 7) is 0.514. The SMILES string of the molecule is O=C(NCCSCC1C(F)CCCC1Cl)C1CCCC([N+](=O)[O-])C1. The Kier molecular flexibility index (Phi) is 8.07. The number of carbonyl (C=O) groups is 1. The number of nitrogens with one attached hydrogen (secondary N) is 1. The molecule has 5 unspecified atom stereocenters. The number of rotatable bonds is 7. The molecule has 0 aromatic rings. The standard InChI is InChI=1S/C16H26ClFN2O3S/c17-14-5-2-6-15(18)13(14)10-24-8-7-19-16(21)11-3-1-4-12(9-11)20(22)23/h11-15H,1-10H2,(H,19,21). The van der Waals surface area contributed by atoms with Gasteiger partial charge in [-0.3, -0.25) is 14.9 Å². The maximum atomic E-state index is 13.9. The van der Waals surface area contributed by atoms with Gasteiger partial charge < -0.3 is 5.32 Å². The van der Waals surface area contributed by atoms with E-state index >= 15 is 0 Å². The molecule has 24 heavy (non-hydrogen) atoms. The summed E-state index contributed by atoms with van der Waals surface area (Å²) in [4.78, 5) is 22.7. The molecule has 2 aliphatic rings. The van der Waals surface area contributed by atoms with E-state index in [2.05, 4.69) is 5.32 Å². The number of nitro groups is 1. The molecule has 2 aliphatic carbocycles. The molecule has 0 saturated heterocycles. The quantitative estimate of drug-likeness (QED) is 0.318. The molecule has 8 heteroatoms. The first-order chi connectivity index (χ1) is 11.5.